The molecule has 0 fully saturated rings. The molecule has 0 spiro atoms. The lowest BCUT2D eigenvalue weighted by Crippen LogP contribution is -2.12. The quantitative estimate of drug-likeness (QED) is 0.393. The smallest absolute Gasteiger partial charge is 0.255 e. The van der Waals surface area contributed by atoms with Gasteiger partial charge in [-0.25, -0.2) is 9.97 Å². The highest BCUT2D eigenvalue weighted by atomic mass is 16.1. The number of carbonyl (C=O) groups excluding carboxylic acids is 1. The molecule has 5 rings (SSSR count). The van der Waals surface area contributed by atoms with Crippen molar-refractivity contribution in [2.75, 3.05) is 10.6 Å². The molecule has 2 N–H and O–H groups in total. The van der Waals surface area contributed by atoms with Gasteiger partial charge in [-0.2, -0.15) is 10.4 Å². The van der Waals surface area contributed by atoms with Crippen LogP contribution in [0, 0.1) is 18.3 Å². The Labute approximate surface area is 201 Å². The van der Waals surface area contributed by atoms with Gasteiger partial charge in [0, 0.05) is 41.9 Å². The monoisotopic (exact) mass is 460 g/mol. The zero-order valence-corrected chi connectivity index (χ0v) is 19.0. The van der Waals surface area contributed by atoms with E-state index in [0.29, 0.717) is 34.1 Å². The summed E-state index contributed by atoms with van der Waals surface area (Å²) in [5.41, 5.74) is 4.61. The number of hydrogen-bond acceptors (Lipinski definition) is 7. The summed E-state index contributed by atoms with van der Waals surface area (Å²) in [5.74, 6) is 0.804. The highest BCUT2D eigenvalue weighted by molar-refractivity contribution is 6.05. The van der Waals surface area contributed by atoms with Gasteiger partial charge in [-0.1, -0.05) is 12.1 Å². The Morgan fingerprint density at radius 2 is 1.94 bits per heavy atom. The van der Waals surface area contributed by atoms with Gasteiger partial charge >= 0.3 is 0 Å². The average molecular weight is 461 g/mol. The molecule has 0 saturated heterocycles. The predicted molar refractivity (Wildman–Crippen MR) is 133 cm³/mol. The number of anilines is 3. The van der Waals surface area contributed by atoms with Crippen molar-refractivity contribution >= 4 is 34.1 Å². The molecule has 170 valence electrons. The Morgan fingerprint density at radius 1 is 1.06 bits per heavy atom. The Hall–Kier alpha value is -5.10. The highest BCUT2D eigenvalue weighted by Gasteiger charge is 2.15. The van der Waals surface area contributed by atoms with Crippen LogP contribution in [0.1, 0.15) is 21.5 Å². The van der Waals surface area contributed by atoms with E-state index in [1.807, 2.05) is 32.2 Å². The van der Waals surface area contributed by atoms with E-state index in [4.69, 9.17) is 10.2 Å². The number of nitrogens with one attached hydrogen (secondary N) is 2. The Kier molecular flexibility index (Phi) is 5.61. The number of benzene rings is 2. The third-order valence-corrected chi connectivity index (χ3v) is 5.51. The summed E-state index contributed by atoms with van der Waals surface area (Å²) < 4.78 is 1.69. The van der Waals surface area contributed by atoms with E-state index in [1.165, 1.54) is 0 Å². The van der Waals surface area contributed by atoms with Crippen LogP contribution in [0.2, 0.25) is 0 Å². The first-order valence-corrected chi connectivity index (χ1v) is 10.8. The lowest BCUT2D eigenvalue weighted by Gasteiger charge is -2.13. The lowest BCUT2D eigenvalue weighted by atomic mass is 10.1. The third kappa shape index (κ3) is 4.41. The van der Waals surface area contributed by atoms with Gasteiger partial charge in [0.1, 0.15) is 5.82 Å². The second-order valence-electron chi connectivity index (χ2n) is 7.94. The second kappa shape index (κ2) is 9.03. The van der Waals surface area contributed by atoms with Crippen molar-refractivity contribution in [1.82, 2.24) is 24.7 Å². The fourth-order valence-electron chi connectivity index (χ4n) is 3.64. The first-order chi connectivity index (χ1) is 17.0. The van der Waals surface area contributed by atoms with Gasteiger partial charge in [-0.05, 0) is 55.0 Å². The minimum atomic E-state index is -0.284. The van der Waals surface area contributed by atoms with Gasteiger partial charge < -0.3 is 10.6 Å². The zero-order chi connectivity index (χ0) is 24.4. The number of carbonyl (C=O) groups is 1. The molecule has 35 heavy (non-hydrogen) atoms. The number of aryl methyl sites for hydroxylation is 2. The summed E-state index contributed by atoms with van der Waals surface area (Å²) in [6, 6.07) is 18.0. The predicted octanol–water partition coefficient (Wildman–Crippen LogP) is 4.60. The highest BCUT2D eigenvalue weighted by Crippen LogP contribution is 2.29. The molecule has 1 amide bonds. The van der Waals surface area contributed by atoms with Crippen molar-refractivity contribution in [1.29, 1.82) is 5.26 Å². The first-order valence-electron chi connectivity index (χ1n) is 10.8. The van der Waals surface area contributed by atoms with E-state index in [-0.39, 0.29) is 5.91 Å². The molecule has 0 atom stereocenters. The maximum atomic E-state index is 12.9. The van der Waals surface area contributed by atoms with Crippen LogP contribution in [0.3, 0.4) is 0 Å². The van der Waals surface area contributed by atoms with E-state index < -0.39 is 0 Å². The molecule has 9 heteroatoms. The van der Waals surface area contributed by atoms with Crippen molar-refractivity contribution < 1.29 is 4.79 Å². The molecule has 0 aliphatic rings. The normalized spacial score (nSPS) is 10.7. The fourth-order valence-corrected chi connectivity index (χ4v) is 3.64. The van der Waals surface area contributed by atoms with E-state index in [9.17, 15) is 4.79 Å². The maximum Gasteiger partial charge on any atom is 0.255 e. The van der Waals surface area contributed by atoms with E-state index in [2.05, 4.69) is 31.8 Å². The molecule has 0 unspecified atom stereocenters. The van der Waals surface area contributed by atoms with Crippen LogP contribution in [0.25, 0.3) is 22.4 Å². The number of fused-ring (bicyclic) bond motifs is 1. The number of amides is 1. The summed E-state index contributed by atoms with van der Waals surface area (Å²) in [4.78, 5) is 26.5. The fraction of sp³-hybridized carbons (Fsp3) is 0.0769. The van der Waals surface area contributed by atoms with E-state index in [0.717, 1.165) is 22.2 Å². The Morgan fingerprint density at radius 3 is 2.74 bits per heavy atom. The average Bonchev–Trinajstić information content (AvgIpc) is 3.26. The Bertz CT molecular complexity index is 1600. The van der Waals surface area contributed by atoms with Crippen molar-refractivity contribution in [3.05, 3.63) is 89.9 Å². The van der Waals surface area contributed by atoms with Gasteiger partial charge in [-0.15, -0.1) is 0 Å². The molecule has 0 saturated carbocycles. The van der Waals surface area contributed by atoms with Gasteiger partial charge in [0.25, 0.3) is 5.91 Å². The molecule has 9 nitrogen and oxygen atoms in total. The number of nitrogens with zero attached hydrogens (tertiary/aromatic N) is 6. The van der Waals surface area contributed by atoms with Crippen LogP contribution in [-0.4, -0.2) is 30.6 Å². The molecule has 0 aliphatic carbocycles. The standard InChI is InChI=1S/C26H20N8O/c1-16-8-9-18(26(35)30-20-7-3-5-17(11-20)13-27)12-22(16)31-24-21-15-29-34(2)25(21)33-23(32-24)19-6-4-10-28-14-19/h3-12,14-15H,1-2H3,(H,30,35)(H,31,32,33). The molecule has 0 aliphatic heterocycles. The number of rotatable bonds is 5. The van der Waals surface area contributed by atoms with Crippen LogP contribution >= 0.6 is 0 Å². The molecule has 3 aromatic heterocycles. The van der Waals surface area contributed by atoms with Crippen LogP contribution in [-0.2, 0) is 7.05 Å². The van der Waals surface area contributed by atoms with Gasteiger partial charge in [0.15, 0.2) is 11.5 Å². The van der Waals surface area contributed by atoms with Crippen molar-refractivity contribution in [2.45, 2.75) is 6.92 Å². The van der Waals surface area contributed by atoms with E-state index >= 15 is 0 Å². The summed E-state index contributed by atoms with van der Waals surface area (Å²) in [6.45, 7) is 1.95. The maximum absolute atomic E-state index is 12.9. The van der Waals surface area contributed by atoms with Crippen LogP contribution in [0.4, 0.5) is 17.2 Å². The molecule has 3 heterocycles. The molecular formula is C26H20N8O. The van der Waals surface area contributed by atoms with Crippen LogP contribution in [0.5, 0.6) is 0 Å². The second-order valence-corrected chi connectivity index (χ2v) is 7.94. The van der Waals surface area contributed by atoms with Crippen molar-refractivity contribution in [3.63, 3.8) is 0 Å². The molecule has 5 aromatic rings. The lowest BCUT2D eigenvalue weighted by molar-refractivity contribution is 0.102. The Balaban J connectivity index is 1.50. The first kappa shape index (κ1) is 21.7. The largest absolute Gasteiger partial charge is 0.339 e. The molecule has 2 aromatic carbocycles. The van der Waals surface area contributed by atoms with Crippen molar-refractivity contribution in [2.24, 2.45) is 7.05 Å². The molecule has 0 bridgehead atoms. The van der Waals surface area contributed by atoms with Gasteiger partial charge in [-0.3, -0.25) is 14.5 Å². The zero-order valence-electron chi connectivity index (χ0n) is 19.0. The minimum absolute atomic E-state index is 0.284. The van der Waals surface area contributed by atoms with E-state index in [1.54, 1.807) is 59.7 Å². The summed E-state index contributed by atoms with van der Waals surface area (Å²) in [7, 11) is 1.82. The topological polar surface area (TPSA) is 121 Å². The SMILES string of the molecule is Cc1ccc(C(=O)Nc2cccc(C#N)c2)cc1Nc1nc(-c2cccnc2)nc2c1cnn2C. The number of pyridine rings is 1. The molecular weight excluding hydrogens is 440 g/mol. The van der Waals surface area contributed by atoms with Crippen LogP contribution in [0.15, 0.2) is 73.2 Å². The summed E-state index contributed by atoms with van der Waals surface area (Å²) >= 11 is 0. The number of aromatic nitrogens is 5. The van der Waals surface area contributed by atoms with Crippen molar-refractivity contribution in [3.8, 4) is 17.5 Å². The third-order valence-electron chi connectivity index (χ3n) is 5.51. The molecule has 0 radical (unpaired) electrons. The van der Waals surface area contributed by atoms with Gasteiger partial charge in [0.2, 0.25) is 0 Å². The van der Waals surface area contributed by atoms with Gasteiger partial charge in [0.05, 0.1) is 23.2 Å². The number of nitriles is 1. The van der Waals surface area contributed by atoms with Crippen LogP contribution < -0.4 is 10.6 Å². The summed E-state index contributed by atoms with van der Waals surface area (Å²) in [6.07, 6.45) is 5.11. The summed E-state index contributed by atoms with van der Waals surface area (Å²) in [5, 5.41) is 20.4. The number of hydrogen-bond donors (Lipinski definition) is 2. The minimum Gasteiger partial charge on any atom is -0.339 e.